The van der Waals surface area contributed by atoms with Crippen LogP contribution in [0, 0.1) is 26.1 Å². The number of nitrogens with one attached hydrogen (secondary N) is 1. The molecule has 0 spiro atoms. The molecule has 1 fully saturated rings. The Hall–Kier alpha value is -1.73. The van der Waals surface area contributed by atoms with Crippen LogP contribution in [0.5, 0.6) is 0 Å². The second kappa shape index (κ2) is 7.89. The number of allylic oxidation sites excluding steroid dienone is 1. The SMILES string of the molecule is [C-]#[N+][C-]=CC1CCN(c2ncnc3nc[nH]c23)CC1.[CH3-].[W+2]. The summed E-state index contributed by atoms with van der Waals surface area (Å²) in [6.07, 6.45) is 9.72. The summed E-state index contributed by atoms with van der Waals surface area (Å²) in [7, 11) is 0. The predicted molar refractivity (Wildman–Crippen MR) is 77.4 cm³/mol. The number of fused-ring (bicyclic) bond motifs is 1. The number of H-pyrrole nitrogens is 1. The molecule has 21 heavy (non-hydrogen) atoms. The van der Waals surface area contributed by atoms with Gasteiger partial charge in [0.1, 0.15) is 11.8 Å². The van der Waals surface area contributed by atoms with Gasteiger partial charge in [-0.2, -0.15) is 6.08 Å². The molecule has 0 radical (unpaired) electrons. The first-order chi connectivity index (χ1) is 9.38. The third kappa shape index (κ3) is 3.68. The molecule has 0 aromatic carbocycles. The van der Waals surface area contributed by atoms with Crippen molar-refractivity contribution in [2.75, 3.05) is 18.0 Å². The van der Waals surface area contributed by atoms with Crippen LogP contribution in [-0.2, 0) is 21.1 Å². The first-order valence-electron chi connectivity index (χ1n) is 6.23. The van der Waals surface area contributed by atoms with Gasteiger partial charge < -0.3 is 22.2 Å². The molecule has 0 bridgehead atoms. The van der Waals surface area contributed by atoms with E-state index in [-0.39, 0.29) is 28.5 Å². The van der Waals surface area contributed by atoms with E-state index >= 15 is 0 Å². The van der Waals surface area contributed by atoms with E-state index in [2.05, 4.69) is 35.9 Å². The number of imidazole rings is 1. The Morgan fingerprint density at radius 3 is 2.81 bits per heavy atom. The number of hydrogen-bond acceptors (Lipinski definition) is 4. The van der Waals surface area contributed by atoms with Crippen molar-refractivity contribution in [3.05, 3.63) is 43.8 Å². The average Bonchev–Trinajstić information content (AvgIpc) is 2.94. The fourth-order valence-corrected chi connectivity index (χ4v) is 2.41. The quantitative estimate of drug-likeness (QED) is 0.711. The van der Waals surface area contributed by atoms with Crippen LogP contribution in [0.4, 0.5) is 5.82 Å². The fourth-order valence-electron chi connectivity index (χ4n) is 2.41. The number of hydrogen-bond donors (Lipinski definition) is 1. The second-order valence-electron chi connectivity index (χ2n) is 4.53. The van der Waals surface area contributed by atoms with Crippen molar-refractivity contribution in [1.29, 1.82) is 0 Å². The van der Waals surface area contributed by atoms with Gasteiger partial charge in [0.05, 0.1) is 6.33 Å². The van der Waals surface area contributed by atoms with E-state index in [0.717, 1.165) is 37.3 Å². The van der Waals surface area contributed by atoms with Crippen LogP contribution in [0.25, 0.3) is 16.0 Å². The summed E-state index contributed by atoms with van der Waals surface area (Å²) in [6, 6.07) is 0. The smallest absolute Gasteiger partial charge is 0.479 e. The normalized spacial score (nSPS) is 15.5. The van der Waals surface area contributed by atoms with Gasteiger partial charge in [-0.15, -0.1) is 0 Å². The fraction of sp³-hybridized carbons (Fsp3) is 0.357. The summed E-state index contributed by atoms with van der Waals surface area (Å²) in [5.74, 6) is 1.36. The van der Waals surface area contributed by atoms with Crippen molar-refractivity contribution < 1.29 is 21.1 Å². The molecule has 7 heteroatoms. The minimum Gasteiger partial charge on any atom is -0.479 e. The maximum Gasteiger partial charge on any atom is 2.00 e. The van der Waals surface area contributed by atoms with Crippen molar-refractivity contribution in [2.45, 2.75) is 12.8 Å². The number of aromatic amines is 1. The Morgan fingerprint density at radius 1 is 1.33 bits per heavy atom. The molecule has 3 rings (SSSR count). The van der Waals surface area contributed by atoms with Crippen molar-refractivity contribution in [2.24, 2.45) is 5.92 Å². The third-order valence-corrected chi connectivity index (χ3v) is 3.42. The van der Waals surface area contributed by atoms with E-state index in [0.29, 0.717) is 11.6 Å². The zero-order valence-electron chi connectivity index (χ0n) is 11.8. The van der Waals surface area contributed by atoms with Gasteiger partial charge in [0.2, 0.25) is 0 Å². The number of piperidine rings is 1. The predicted octanol–water partition coefficient (Wildman–Crippen LogP) is 2.25. The Kier molecular flexibility index (Phi) is 6.51. The minimum atomic E-state index is 0. The van der Waals surface area contributed by atoms with Crippen LogP contribution in [0.3, 0.4) is 0 Å². The number of anilines is 1. The molecule has 0 unspecified atom stereocenters. The van der Waals surface area contributed by atoms with Crippen molar-refractivity contribution >= 4 is 17.0 Å². The summed E-state index contributed by atoms with van der Waals surface area (Å²) < 4.78 is 0. The summed E-state index contributed by atoms with van der Waals surface area (Å²) in [6.45, 7) is 8.56. The summed E-state index contributed by atoms with van der Waals surface area (Å²) >= 11 is 0. The standard InChI is InChI=1S/C13H13N6.CH3.W/c1-14-5-2-10-3-6-19(7-4-10)13-11-12(16-8-15-11)17-9-18-13;;/h2,8-10H,3-4,6-7H2,(H,15,16,17,18);1H3;/q2*-1;+2. The largest absolute Gasteiger partial charge is 2.00 e. The Balaban J connectivity index is 0.00000110. The molecule has 2 aromatic heterocycles. The molecule has 0 atom stereocenters. The molecule has 2 aromatic rings. The van der Waals surface area contributed by atoms with Crippen LogP contribution in [0.15, 0.2) is 18.7 Å². The molecule has 1 aliphatic heterocycles. The average molecular weight is 452 g/mol. The minimum absolute atomic E-state index is 0. The molecule has 0 saturated carbocycles. The van der Waals surface area contributed by atoms with Gasteiger partial charge in [-0.05, 0) is 18.8 Å². The molecule has 3 heterocycles. The van der Waals surface area contributed by atoms with Crippen LogP contribution >= 0.6 is 0 Å². The van der Waals surface area contributed by atoms with E-state index < -0.39 is 0 Å². The molecule has 0 aliphatic carbocycles. The summed E-state index contributed by atoms with van der Waals surface area (Å²) in [5.41, 5.74) is 1.59. The summed E-state index contributed by atoms with van der Waals surface area (Å²) in [5, 5.41) is 0. The summed E-state index contributed by atoms with van der Waals surface area (Å²) in [4.78, 5) is 21.1. The third-order valence-electron chi connectivity index (χ3n) is 3.42. The topological polar surface area (TPSA) is 62.1 Å². The molecule has 1 aliphatic rings. The number of aromatic nitrogens is 4. The first-order valence-corrected chi connectivity index (χ1v) is 6.23. The van der Waals surface area contributed by atoms with Crippen LogP contribution in [0.2, 0.25) is 0 Å². The van der Waals surface area contributed by atoms with E-state index in [9.17, 15) is 0 Å². The molecule has 1 N–H and O–H groups in total. The Bertz CT molecular complexity index is 636. The van der Waals surface area contributed by atoms with E-state index in [4.69, 9.17) is 6.57 Å². The van der Waals surface area contributed by atoms with Gasteiger partial charge in [0, 0.05) is 13.1 Å². The molecule has 1 saturated heterocycles. The zero-order chi connectivity index (χ0) is 13.1. The zero-order valence-corrected chi connectivity index (χ0v) is 14.7. The van der Waals surface area contributed by atoms with Crippen LogP contribution < -0.4 is 4.90 Å². The van der Waals surface area contributed by atoms with Crippen LogP contribution in [0.1, 0.15) is 12.8 Å². The van der Waals surface area contributed by atoms with Crippen molar-refractivity contribution in [3.8, 4) is 0 Å². The van der Waals surface area contributed by atoms with E-state index in [1.165, 1.54) is 0 Å². The first kappa shape index (κ1) is 17.3. The van der Waals surface area contributed by atoms with E-state index in [1.807, 2.05) is 6.08 Å². The number of rotatable bonds is 2. The Labute approximate surface area is 138 Å². The van der Waals surface area contributed by atoms with Gasteiger partial charge in [-0.3, -0.25) is 6.57 Å². The Morgan fingerprint density at radius 2 is 2.10 bits per heavy atom. The molecule has 0 amide bonds. The molecule has 6 nitrogen and oxygen atoms in total. The van der Waals surface area contributed by atoms with Gasteiger partial charge >= 0.3 is 21.1 Å². The van der Waals surface area contributed by atoms with E-state index in [1.54, 1.807) is 12.7 Å². The number of nitrogens with zero attached hydrogens (tertiary/aromatic N) is 5. The second-order valence-corrected chi connectivity index (χ2v) is 4.53. The molecule has 108 valence electrons. The van der Waals surface area contributed by atoms with Crippen molar-refractivity contribution in [3.63, 3.8) is 0 Å². The molecular formula is C14H16N6W. The maximum atomic E-state index is 6.71. The molecular weight excluding hydrogens is 436 g/mol. The maximum absolute atomic E-state index is 6.71. The van der Waals surface area contributed by atoms with Gasteiger partial charge in [-0.1, -0.05) is 6.20 Å². The van der Waals surface area contributed by atoms with Crippen molar-refractivity contribution in [1.82, 2.24) is 19.9 Å². The van der Waals surface area contributed by atoms with Crippen LogP contribution in [-0.4, -0.2) is 33.0 Å². The van der Waals surface area contributed by atoms with Gasteiger partial charge in [0.25, 0.3) is 0 Å². The monoisotopic (exact) mass is 452 g/mol. The van der Waals surface area contributed by atoms with Gasteiger partial charge in [-0.25, -0.2) is 15.0 Å². The van der Waals surface area contributed by atoms with Gasteiger partial charge in [0.15, 0.2) is 11.5 Å².